The lowest BCUT2D eigenvalue weighted by molar-refractivity contribution is 0.180. The van der Waals surface area contributed by atoms with E-state index in [2.05, 4.69) is 10.1 Å². The molecule has 0 amide bonds. The molecule has 0 aliphatic heterocycles. The van der Waals surface area contributed by atoms with E-state index in [1.165, 1.54) is 0 Å². The Morgan fingerprint density at radius 2 is 2.11 bits per heavy atom. The fraction of sp³-hybridized carbons (Fsp3) is 0.143. The van der Waals surface area contributed by atoms with Crippen LogP contribution in [0.25, 0.3) is 5.52 Å². The van der Waals surface area contributed by atoms with Gasteiger partial charge in [0.05, 0.1) is 17.8 Å². The minimum atomic E-state index is -0.561. The van der Waals surface area contributed by atoms with Crippen LogP contribution >= 0.6 is 0 Å². The summed E-state index contributed by atoms with van der Waals surface area (Å²) in [6, 6.07) is 9.64. The molecule has 90 valence electrons. The first-order valence-corrected chi connectivity index (χ1v) is 5.84. The number of pyridine rings is 2. The number of aliphatic hydroxyl groups excluding tert-OH is 1. The van der Waals surface area contributed by atoms with E-state index >= 15 is 0 Å². The monoisotopic (exact) mass is 239 g/mol. The molecule has 0 saturated carbocycles. The van der Waals surface area contributed by atoms with Crippen LogP contribution in [-0.4, -0.2) is 19.7 Å². The van der Waals surface area contributed by atoms with Crippen molar-refractivity contribution in [2.24, 2.45) is 0 Å². The third-order valence-electron chi connectivity index (χ3n) is 2.97. The number of nitrogens with zero attached hydrogens (tertiary/aromatic N) is 3. The van der Waals surface area contributed by atoms with Gasteiger partial charge in [-0.25, -0.2) is 4.52 Å². The summed E-state index contributed by atoms with van der Waals surface area (Å²) in [6.07, 6.45) is 7.07. The van der Waals surface area contributed by atoms with E-state index in [-0.39, 0.29) is 0 Å². The molecule has 0 aliphatic carbocycles. The predicted molar refractivity (Wildman–Crippen MR) is 68.1 cm³/mol. The Kier molecular flexibility index (Phi) is 2.78. The van der Waals surface area contributed by atoms with E-state index in [1.807, 2.05) is 36.5 Å². The molecule has 4 nitrogen and oxygen atoms in total. The fourth-order valence-electron chi connectivity index (χ4n) is 2.06. The van der Waals surface area contributed by atoms with Crippen LogP contribution in [0.2, 0.25) is 0 Å². The zero-order valence-electron chi connectivity index (χ0n) is 9.77. The Hall–Kier alpha value is -2.20. The highest BCUT2D eigenvalue weighted by Gasteiger charge is 2.13. The SMILES string of the molecule is OC(Cc1cccnc1)c1cnn2ccccc12. The Morgan fingerprint density at radius 3 is 2.94 bits per heavy atom. The smallest absolute Gasteiger partial charge is 0.0867 e. The van der Waals surface area contributed by atoms with E-state index in [4.69, 9.17) is 0 Å². The van der Waals surface area contributed by atoms with Gasteiger partial charge in [0, 0.05) is 30.6 Å². The second-order valence-electron chi connectivity index (χ2n) is 4.21. The molecule has 0 radical (unpaired) electrons. The van der Waals surface area contributed by atoms with E-state index in [0.717, 1.165) is 16.6 Å². The lowest BCUT2D eigenvalue weighted by Gasteiger charge is -2.08. The highest BCUT2D eigenvalue weighted by atomic mass is 16.3. The van der Waals surface area contributed by atoms with Gasteiger partial charge < -0.3 is 5.11 Å². The van der Waals surface area contributed by atoms with E-state index in [9.17, 15) is 5.11 Å². The summed E-state index contributed by atoms with van der Waals surface area (Å²) in [5.41, 5.74) is 2.80. The van der Waals surface area contributed by atoms with E-state index in [1.54, 1.807) is 23.1 Å². The van der Waals surface area contributed by atoms with Crippen molar-refractivity contribution in [3.63, 3.8) is 0 Å². The van der Waals surface area contributed by atoms with Crippen LogP contribution in [-0.2, 0) is 6.42 Å². The molecule has 3 aromatic rings. The Morgan fingerprint density at radius 1 is 1.17 bits per heavy atom. The molecule has 3 aromatic heterocycles. The van der Waals surface area contributed by atoms with Crippen LogP contribution in [0.4, 0.5) is 0 Å². The molecule has 1 N–H and O–H groups in total. The van der Waals surface area contributed by atoms with Crippen molar-refractivity contribution in [1.82, 2.24) is 14.6 Å². The molecule has 1 unspecified atom stereocenters. The van der Waals surface area contributed by atoms with Crippen molar-refractivity contribution in [2.75, 3.05) is 0 Å². The molecular weight excluding hydrogens is 226 g/mol. The van der Waals surface area contributed by atoms with Crippen LogP contribution in [0.5, 0.6) is 0 Å². The van der Waals surface area contributed by atoms with Crippen molar-refractivity contribution in [2.45, 2.75) is 12.5 Å². The van der Waals surface area contributed by atoms with Crippen LogP contribution in [0, 0.1) is 0 Å². The van der Waals surface area contributed by atoms with Gasteiger partial charge in [0.1, 0.15) is 0 Å². The van der Waals surface area contributed by atoms with Gasteiger partial charge in [0.25, 0.3) is 0 Å². The molecule has 3 rings (SSSR count). The average Bonchev–Trinajstić information content (AvgIpc) is 2.84. The van der Waals surface area contributed by atoms with Gasteiger partial charge in [-0.05, 0) is 23.8 Å². The number of hydrogen-bond acceptors (Lipinski definition) is 3. The Bertz CT molecular complexity index is 648. The van der Waals surface area contributed by atoms with Gasteiger partial charge in [-0.15, -0.1) is 0 Å². The van der Waals surface area contributed by atoms with Gasteiger partial charge in [0.15, 0.2) is 0 Å². The molecule has 4 heteroatoms. The molecular formula is C14H13N3O. The average molecular weight is 239 g/mol. The van der Waals surface area contributed by atoms with Gasteiger partial charge in [0.2, 0.25) is 0 Å². The largest absolute Gasteiger partial charge is 0.388 e. The molecule has 18 heavy (non-hydrogen) atoms. The predicted octanol–water partition coefficient (Wildman–Crippen LogP) is 2.01. The summed E-state index contributed by atoms with van der Waals surface area (Å²) in [6.45, 7) is 0. The second kappa shape index (κ2) is 4.58. The number of hydrogen-bond donors (Lipinski definition) is 1. The van der Waals surface area contributed by atoms with Gasteiger partial charge in [-0.3, -0.25) is 4.98 Å². The summed E-state index contributed by atoms with van der Waals surface area (Å²) < 4.78 is 1.77. The van der Waals surface area contributed by atoms with Crippen molar-refractivity contribution in [3.8, 4) is 0 Å². The molecule has 0 fully saturated rings. The summed E-state index contributed by atoms with van der Waals surface area (Å²) in [5, 5.41) is 14.5. The molecule has 0 bridgehead atoms. The third kappa shape index (κ3) is 1.98. The van der Waals surface area contributed by atoms with E-state index < -0.39 is 6.10 Å². The van der Waals surface area contributed by atoms with Crippen molar-refractivity contribution in [3.05, 3.63) is 66.2 Å². The van der Waals surface area contributed by atoms with Gasteiger partial charge in [-0.2, -0.15) is 5.10 Å². The number of rotatable bonds is 3. The van der Waals surface area contributed by atoms with Gasteiger partial charge in [-0.1, -0.05) is 12.1 Å². The summed E-state index contributed by atoms with van der Waals surface area (Å²) >= 11 is 0. The molecule has 3 heterocycles. The molecule has 0 saturated heterocycles. The van der Waals surface area contributed by atoms with Crippen LogP contribution in [0.1, 0.15) is 17.2 Å². The third-order valence-corrected chi connectivity index (χ3v) is 2.97. The molecule has 0 aromatic carbocycles. The maximum absolute atomic E-state index is 10.3. The highest BCUT2D eigenvalue weighted by Crippen LogP contribution is 2.22. The highest BCUT2D eigenvalue weighted by molar-refractivity contribution is 5.54. The number of aromatic nitrogens is 3. The summed E-state index contributed by atoms with van der Waals surface area (Å²) in [5.74, 6) is 0. The Balaban J connectivity index is 1.90. The normalized spacial score (nSPS) is 12.7. The van der Waals surface area contributed by atoms with Crippen LogP contribution < -0.4 is 0 Å². The quantitative estimate of drug-likeness (QED) is 0.760. The van der Waals surface area contributed by atoms with Crippen LogP contribution in [0.15, 0.2) is 55.1 Å². The van der Waals surface area contributed by atoms with Crippen molar-refractivity contribution >= 4 is 5.52 Å². The minimum absolute atomic E-state index is 0.546. The summed E-state index contributed by atoms with van der Waals surface area (Å²) in [4.78, 5) is 4.05. The van der Waals surface area contributed by atoms with Gasteiger partial charge >= 0.3 is 0 Å². The zero-order valence-corrected chi connectivity index (χ0v) is 9.77. The minimum Gasteiger partial charge on any atom is -0.388 e. The first kappa shape index (κ1) is 10.9. The van der Waals surface area contributed by atoms with Crippen LogP contribution in [0.3, 0.4) is 0 Å². The van der Waals surface area contributed by atoms with Crippen molar-refractivity contribution in [1.29, 1.82) is 0 Å². The topological polar surface area (TPSA) is 50.4 Å². The first-order chi connectivity index (χ1) is 8.84. The number of fused-ring (bicyclic) bond motifs is 1. The lowest BCUT2D eigenvalue weighted by atomic mass is 10.0. The first-order valence-electron chi connectivity index (χ1n) is 5.84. The van der Waals surface area contributed by atoms with E-state index in [0.29, 0.717) is 6.42 Å². The zero-order chi connectivity index (χ0) is 12.4. The van der Waals surface area contributed by atoms with Crippen molar-refractivity contribution < 1.29 is 5.11 Å². The standard InChI is InChI=1S/C14H13N3O/c18-14(8-11-4-3-6-15-9-11)12-10-16-17-7-2-1-5-13(12)17/h1-7,9-10,14,18H,8H2. The molecule has 0 spiro atoms. The molecule has 0 aliphatic rings. The fourth-order valence-corrected chi connectivity index (χ4v) is 2.06. The number of aliphatic hydroxyl groups is 1. The lowest BCUT2D eigenvalue weighted by Crippen LogP contribution is -2.01. The maximum atomic E-state index is 10.3. The molecule has 1 atom stereocenters. The summed E-state index contributed by atoms with van der Waals surface area (Å²) in [7, 11) is 0. The Labute approximate surface area is 105 Å². The second-order valence-corrected chi connectivity index (χ2v) is 4.21. The maximum Gasteiger partial charge on any atom is 0.0867 e.